The van der Waals surface area contributed by atoms with E-state index in [0.29, 0.717) is 12.1 Å². The molecule has 5 heteroatoms. The molecule has 0 amide bonds. The first-order valence-electron chi connectivity index (χ1n) is 6.71. The third-order valence-corrected chi connectivity index (χ3v) is 5.20. The van der Waals surface area contributed by atoms with Gasteiger partial charge in [0.2, 0.25) is 10.0 Å². The molecule has 0 unspecified atom stereocenters. The second-order valence-corrected chi connectivity index (χ2v) is 6.93. The lowest BCUT2D eigenvalue weighted by Crippen LogP contribution is -2.30. The van der Waals surface area contributed by atoms with Gasteiger partial charge in [0, 0.05) is 12.1 Å². The van der Waals surface area contributed by atoms with Crippen LogP contribution < -0.4 is 4.72 Å². The summed E-state index contributed by atoms with van der Waals surface area (Å²) in [4.78, 5) is 0.217. The maximum absolute atomic E-state index is 12.2. The molecule has 1 aliphatic rings. The Kier molecular flexibility index (Phi) is 4.48. The molecule has 108 valence electrons. The molecule has 0 aromatic heterocycles. The van der Waals surface area contributed by atoms with Crippen LogP contribution in [0.25, 0.3) is 0 Å². The smallest absolute Gasteiger partial charge is 0.240 e. The van der Waals surface area contributed by atoms with Crippen molar-refractivity contribution in [2.45, 2.75) is 31.1 Å². The minimum Gasteiger partial charge on any atom is -0.384 e. The van der Waals surface area contributed by atoms with Crippen molar-refractivity contribution in [3.63, 3.8) is 0 Å². The van der Waals surface area contributed by atoms with Gasteiger partial charge in [0.05, 0.1) is 4.90 Å². The van der Waals surface area contributed by atoms with Crippen molar-refractivity contribution < 1.29 is 13.5 Å². The van der Waals surface area contributed by atoms with Crippen molar-refractivity contribution >= 4 is 10.0 Å². The molecule has 1 saturated carbocycles. The molecule has 0 bridgehead atoms. The largest absolute Gasteiger partial charge is 0.384 e. The molecular formula is C15H19NO3S. The molecule has 0 heterocycles. The van der Waals surface area contributed by atoms with Crippen LogP contribution in [0.2, 0.25) is 0 Å². The Morgan fingerprint density at radius 3 is 2.75 bits per heavy atom. The van der Waals surface area contributed by atoms with E-state index in [2.05, 4.69) is 23.5 Å². The van der Waals surface area contributed by atoms with Crippen molar-refractivity contribution in [3.05, 3.63) is 29.8 Å². The van der Waals surface area contributed by atoms with Crippen LogP contribution in [-0.4, -0.2) is 26.7 Å². The predicted octanol–water partition coefficient (Wildman–Crippen LogP) is 1.50. The summed E-state index contributed by atoms with van der Waals surface area (Å²) >= 11 is 0. The average molecular weight is 293 g/mol. The molecule has 1 aliphatic carbocycles. The van der Waals surface area contributed by atoms with E-state index in [-0.39, 0.29) is 16.9 Å². The average Bonchev–Trinajstić information content (AvgIpc) is 3.24. The molecule has 0 aliphatic heterocycles. The molecule has 0 atom stereocenters. The van der Waals surface area contributed by atoms with Crippen LogP contribution in [-0.2, 0) is 10.0 Å². The van der Waals surface area contributed by atoms with E-state index in [4.69, 9.17) is 5.11 Å². The van der Waals surface area contributed by atoms with Crippen LogP contribution in [0.1, 0.15) is 31.7 Å². The fourth-order valence-electron chi connectivity index (χ4n) is 2.05. The molecule has 1 aromatic rings. The lowest BCUT2D eigenvalue weighted by Gasteiger charge is -2.13. The first kappa shape index (κ1) is 15.0. The van der Waals surface area contributed by atoms with Crippen LogP contribution in [0.4, 0.5) is 0 Å². The second kappa shape index (κ2) is 5.96. The molecule has 1 fully saturated rings. The summed E-state index contributed by atoms with van der Waals surface area (Å²) in [7, 11) is -3.49. The Morgan fingerprint density at radius 2 is 2.15 bits per heavy atom. The molecule has 0 radical (unpaired) electrons. The van der Waals surface area contributed by atoms with Crippen LogP contribution >= 0.6 is 0 Å². The Hall–Kier alpha value is -1.35. The van der Waals surface area contributed by atoms with Crippen molar-refractivity contribution in [2.75, 3.05) is 13.2 Å². The third kappa shape index (κ3) is 3.60. The van der Waals surface area contributed by atoms with Crippen LogP contribution in [0, 0.1) is 17.3 Å². The topological polar surface area (TPSA) is 66.4 Å². The zero-order valence-corrected chi connectivity index (χ0v) is 12.3. The van der Waals surface area contributed by atoms with Gasteiger partial charge in [0.25, 0.3) is 0 Å². The quantitative estimate of drug-likeness (QED) is 0.809. The number of sulfonamides is 1. The maximum atomic E-state index is 12.2. The minimum atomic E-state index is -3.49. The molecule has 1 aromatic carbocycles. The number of nitrogens with one attached hydrogen (secondary N) is 1. The Balaban J connectivity index is 2.12. The molecule has 0 saturated heterocycles. The fourth-order valence-corrected chi connectivity index (χ4v) is 3.25. The standard InChI is InChI=1S/C15H19NO3S/c1-2-15(8-9-15)12-16-20(18,19)14-7-3-5-13(11-14)6-4-10-17/h3,5,7,11,16-17H,2,8-10,12H2,1H3. The molecule has 20 heavy (non-hydrogen) atoms. The number of hydrogen-bond donors (Lipinski definition) is 2. The van der Waals surface area contributed by atoms with Crippen molar-refractivity contribution in [3.8, 4) is 11.8 Å². The van der Waals surface area contributed by atoms with E-state index in [1.165, 1.54) is 6.07 Å². The summed E-state index contributed by atoms with van der Waals surface area (Å²) in [5.41, 5.74) is 0.750. The van der Waals surface area contributed by atoms with E-state index in [9.17, 15) is 8.42 Å². The molecular weight excluding hydrogens is 274 g/mol. The summed E-state index contributed by atoms with van der Waals surface area (Å²) in [6.07, 6.45) is 3.18. The highest BCUT2D eigenvalue weighted by Crippen LogP contribution is 2.48. The summed E-state index contributed by atoms with van der Waals surface area (Å²) in [6, 6.07) is 6.45. The van der Waals surface area contributed by atoms with Gasteiger partial charge in [-0.2, -0.15) is 0 Å². The van der Waals surface area contributed by atoms with Gasteiger partial charge in [-0.1, -0.05) is 24.8 Å². The van der Waals surface area contributed by atoms with Crippen molar-refractivity contribution in [2.24, 2.45) is 5.41 Å². The Morgan fingerprint density at radius 1 is 1.40 bits per heavy atom. The van der Waals surface area contributed by atoms with Gasteiger partial charge in [0.1, 0.15) is 6.61 Å². The van der Waals surface area contributed by atoms with E-state index >= 15 is 0 Å². The second-order valence-electron chi connectivity index (χ2n) is 5.17. The summed E-state index contributed by atoms with van der Waals surface area (Å²) in [5.74, 6) is 5.22. The SMILES string of the molecule is CCC1(CNS(=O)(=O)c2cccc(C#CCO)c2)CC1. The summed E-state index contributed by atoms with van der Waals surface area (Å²) in [5, 5.41) is 8.66. The fraction of sp³-hybridized carbons (Fsp3) is 0.467. The maximum Gasteiger partial charge on any atom is 0.240 e. The predicted molar refractivity (Wildman–Crippen MR) is 77.6 cm³/mol. The van der Waals surface area contributed by atoms with Gasteiger partial charge in [-0.15, -0.1) is 0 Å². The first-order valence-corrected chi connectivity index (χ1v) is 8.19. The lowest BCUT2D eigenvalue weighted by atomic mass is 10.1. The summed E-state index contributed by atoms with van der Waals surface area (Å²) in [6.45, 7) is 2.35. The Labute approximate surface area is 120 Å². The number of hydrogen-bond acceptors (Lipinski definition) is 3. The van der Waals surface area contributed by atoms with Gasteiger partial charge < -0.3 is 5.11 Å². The Bertz CT molecular complexity index is 637. The highest BCUT2D eigenvalue weighted by molar-refractivity contribution is 7.89. The van der Waals surface area contributed by atoms with E-state index in [1.807, 2.05) is 0 Å². The zero-order valence-electron chi connectivity index (χ0n) is 11.5. The van der Waals surface area contributed by atoms with Crippen molar-refractivity contribution in [1.29, 1.82) is 0 Å². The first-order chi connectivity index (χ1) is 9.51. The molecule has 2 N–H and O–H groups in total. The highest BCUT2D eigenvalue weighted by Gasteiger charge is 2.41. The van der Waals surface area contributed by atoms with Crippen LogP contribution in [0.15, 0.2) is 29.2 Å². The molecule has 4 nitrogen and oxygen atoms in total. The molecule has 0 spiro atoms. The van der Waals surface area contributed by atoms with Gasteiger partial charge in [-0.3, -0.25) is 0 Å². The molecule has 2 rings (SSSR count). The van der Waals surface area contributed by atoms with Crippen LogP contribution in [0.5, 0.6) is 0 Å². The number of aliphatic hydroxyl groups is 1. The summed E-state index contributed by atoms with van der Waals surface area (Å²) < 4.78 is 27.2. The van der Waals surface area contributed by atoms with Gasteiger partial charge >= 0.3 is 0 Å². The normalized spacial score (nSPS) is 16.3. The zero-order chi connectivity index (χ0) is 14.6. The van der Waals surface area contributed by atoms with E-state index in [1.54, 1.807) is 18.2 Å². The number of aliphatic hydroxyl groups excluding tert-OH is 1. The van der Waals surface area contributed by atoms with Gasteiger partial charge in [0.15, 0.2) is 0 Å². The monoisotopic (exact) mass is 293 g/mol. The number of benzene rings is 1. The van der Waals surface area contributed by atoms with Crippen molar-refractivity contribution in [1.82, 2.24) is 4.72 Å². The van der Waals surface area contributed by atoms with Gasteiger partial charge in [-0.05, 0) is 42.9 Å². The highest BCUT2D eigenvalue weighted by atomic mass is 32.2. The third-order valence-electron chi connectivity index (χ3n) is 3.80. The van der Waals surface area contributed by atoms with E-state index < -0.39 is 10.0 Å². The van der Waals surface area contributed by atoms with Crippen LogP contribution in [0.3, 0.4) is 0 Å². The van der Waals surface area contributed by atoms with E-state index in [0.717, 1.165) is 19.3 Å². The minimum absolute atomic E-state index is 0.168. The van der Waals surface area contributed by atoms with Gasteiger partial charge in [-0.25, -0.2) is 13.1 Å². The lowest BCUT2D eigenvalue weighted by molar-refractivity contribution is 0.350. The number of rotatable bonds is 5.